The van der Waals surface area contributed by atoms with Crippen LogP contribution in [0.1, 0.15) is 27.7 Å². The Balaban J connectivity index is 3.30. The molecule has 12 nitrogen and oxygen atoms in total. The lowest BCUT2D eigenvalue weighted by molar-refractivity contribution is -0.410. The first-order valence-corrected chi connectivity index (χ1v) is 8.46. The molecule has 0 saturated carbocycles. The summed E-state index contributed by atoms with van der Waals surface area (Å²) in [5, 5.41) is 5.13. The topological polar surface area (TPSA) is 93.1 Å². The minimum atomic E-state index is -0.862. The van der Waals surface area contributed by atoms with Crippen LogP contribution in [-0.2, 0) is 29.0 Å². The Hall–Kier alpha value is -1.54. The summed E-state index contributed by atoms with van der Waals surface area (Å²) >= 11 is 0. The summed E-state index contributed by atoms with van der Waals surface area (Å²) in [5.41, 5.74) is 0. The third-order valence-corrected chi connectivity index (χ3v) is 2.92. The van der Waals surface area contributed by atoms with Gasteiger partial charge < -0.3 is 0 Å². The first-order valence-electron chi connectivity index (χ1n) is 8.46. The van der Waals surface area contributed by atoms with E-state index in [1.807, 2.05) is 27.7 Å². The van der Waals surface area contributed by atoms with Crippen molar-refractivity contribution >= 4 is 11.9 Å². The second-order valence-electron chi connectivity index (χ2n) is 4.59. The maximum Gasteiger partial charge on any atom is 0.280 e. The van der Waals surface area contributed by atoms with Crippen LogP contribution in [0.5, 0.6) is 0 Å². The van der Waals surface area contributed by atoms with Gasteiger partial charge in [-0.2, -0.15) is 15.0 Å². The number of hydroxylamine groups is 8. The highest BCUT2D eigenvalue weighted by Crippen LogP contribution is 2.19. The molecule has 0 aromatic carbocycles. The van der Waals surface area contributed by atoms with Crippen LogP contribution in [0.2, 0.25) is 0 Å². The summed E-state index contributed by atoms with van der Waals surface area (Å²) in [5.74, 6) is 0.450. The van der Waals surface area contributed by atoms with E-state index in [9.17, 15) is 0 Å². The highest BCUT2D eigenvalue weighted by Gasteiger charge is 2.37. The second kappa shape index (κ2) is 12.0. The van der Waals surface area contributed by atoms with Gasteiger partial charge in [-0.05, 0) is 32.9 Å². The lowest BCUT2D eigenvalue weighted by Gasteiger charge is -2.38. The monoisotopic (exact) mass is 378 g/mol. The molecule has 1 unspecified atom stereocenters. The van der Waals surface area contributed by atoms with Crippen LogP contribution < -0.4 is 0 Å². The van der Waals surface area contributed by atoms with Gasteiger partial charge in [0, 0.05) is 7.05 Å². The predicted octanol–water partition coefficient (Wildman–Crippen LogP) is 0.762. The number of hydrogen-bond acceptors (Lipinski definition) is 12. The summed E-state index contributed by atoms with van der Waals surface area (Å²) < 4.78 is 0. The number of nitrogens with zero attached hydrogens (tertiary/aromatic N) is 6. The molecular weight excluding hydrogens is 348 g/mol. The molecule has 0 aromatic rings. The van der Waals surface area contributed by atoms with Crippen molar-refractivity contribution < 1.29 is 29.0 Å². The summed E-state index contributed by atoms with van der Waals surface area (Å²) in [6, 6.07) is 0. The fraction of sp³-hybridized carbons (Fsp3) is 0.857. The van der Waals surface area contributed by atoms with Crippen molar-refractivity contribution in [3.05, 3.63) is 0 Å². The molecule has 1 aliphatic rings. The SMILES string of the molecule is CCON(C)C1=NC(N(OCC)OCC)=NC(N(OC)OCC)N1OC. The largest absolute Gasteiger partial charge is 0.280 e. The van der Waals surface area contributed by atoms with E-state index in [2.05, 4.69) is 9.98 Å². The molecule has 1 atom stereocenters. The molecule has 1 heterocycles. The second-order valence-corrected chi connectivity index (χ2v) is 4.59. The van der Waals surface area contributed by atoms with Gasteiger partial charge >= 0.3 is 0 Å². The molecule has 0 spiro atoms. The first-order chi connectivity index (χ1) is 12.6. The lowest BCUT2D eigenvalue weighted by Crippen LogP contribution is -2.56. The standard InChI is InChI=1S/C14H30N6O6/c1-8-23-17(5)13-15-12(19(24-9-2)25-10-3)16-14(18(13)21-6)20(22-7)26-11-4/h14H,8-11H2,1-7H3. The van der Waals surface area contributed by atoms with Crippen LogP contribution in [0.3, 0.4) is 0 Å². The van der Waals surface area contributed by atoms with Gasteiger partial charge in [0.15, 0.2) is 0 Å². The van der Waals surface area contributed by atoms with Gasteiger partial charge in [0.25, 0.3) is 18.2 Å². The molecule has 1 aliphatic heterocycles. The Kier molecular flexibility index (Phi) is 10.3. The predicted molar refractivity (Wildman–Crippen MR) is 92.5 cm³/mol. The molecule has 0 amide bonds. The average Bonchev–Trinajstić information content (AvgIpc) is 2.65. The van der Waals surface area contributed by atoms with Crippen molar-refractivity contribution in [3.8, 4) is 0 Å². The fourth-order valence-electron chi connectivity index (χ4n) is 2.01. The maximum absolute atomic E-state index is 5.51. The van der Waals surface area contributed by atoms with E-state index >= 15 is 0 Å². The number of rotatable bonds is 11. The third kappa shape index (κ3) is 5.74. The fourth-order valence-corrected chi connectivity index (χ4v) is 2.01. The molecule has 152 valence electrons. The molecule has 0 fully saturated rings. The average molecular weight is 378 g/mol. The van der Waals surface area contributed by atoms with Gasteiger partial charge in [-0.25, -0.2) is 14.7 Å². The Morgan fingerprint density at radius 2 is 1.50 bits per heavy atom. The smallest absolute Gasteiger partial charge is 0.274 e. The van der Waals surface area contributed by atoms with E-state index in [0.29, 0.717) is 32.4 Å². The van der Waals surface area contributed by atoms with Gasteiger partial charge in [-0.15, -0.1) is 0 Å². The van der Waals surface area contributed by atoms with Crippen molar-refractivity contribution in [1.29, 1.82) is 0 Å². The molecule has 0 aromatic heterocycles. The Bertz CT molecular complexity index is 459. The Labute approximate surface area is 154 Å². The maximum atomic E-state index is 5.51. The van der Waals surface area contributed by atoms with E-state index < -0.39 is 6.29 Å². The molecule has 12 heteroatoms. The van der Waals surface area contributed by atoms with Gasteiger partial charge in [-0.1, -0.05) is 5.23 Å². The molecule has 0 bridgehead atoms. The molecule has 0 radical (unpaired) electrons. The quantitative estimate of drug-likeness (QED) is 0.480. The van der Waals surface area contributed by atoms with Crippen molar-refractivity contribution in [2.75, 3.05) is 47.7 Å². The van der Waals surface area contributed by atoms with Crippen LogP contribution in [0.15, 0.2) is 9.98 Å². The number of aliphatic imine (C=N–C) groups is 2. The minimum absolute atomic E-state index is 0.148. The summed E-state index contributed by atoms with van der Waals surface area (Å²) in [4.78, 5) is 41.5. The van der Waals surface area contributed by atoms with Crippen LogP contribution >= 0.6 is 0 Å². The van der Waals surface area contributed by atoms with Gasteiger partial charge in [0.2, 0.25) is 0 Å². The van der Waals surface area contributed by atoms with Crippen molar-refractivity contribution in [1.82, 2.24) is 20.6 Å². The molecule has 26 heavy (non-hydrogen) atoms. The van der Waals surface area contributed by atoms with Gasteiger partial charge in [0.05, 0.1) is 40.6 Å². The van der Waals surface area contributed by atoms with E-state index in [0.717, 1.165) is 5.23 Å². The third-order valence-electron chi connectivity index (χ3n) is 2.92. The van der Waals surface area contributed by atoms with Crippen molar-refractivity contribution in [2.24, 2.45) is 9.98 Å². The summed E-state index contributed by atoms with van der Waals surface area (Å²) in [6.45, 7) is 8.86. The van der Waals surface area contributed by atoms with E-state index in [4.69, 9.17) is 29.0 Å². The first kappa shape index (κ1) is 22.5. The molecular formula is C14H30N6O6. The highest BCUT2D eigenvalue weighted by molar-refractivity contribution is 5.95. The molecule has 1 rings (SSSR count). The molecule has 0 saturated heterocycles. The van der Waals surface area contributed by atoms with Crippen molar-refractivity contribution in [2.45, 2.75) is 34.0 Å². The van der Waals surface area contributed by atoms with Crippen LogP contribution in [0.4, 0.5) is 0 Å². The van der Waals surface area contributed by atoms with E-state index in [1.54, 1.807) is 7.05 Å². The zero-order chi connectivity index (χ0) is 19.5. The minimum Gasteiger partial charge on any atom is -0.274 e. The van der Waals surface area contributed by atoms with Crippen molar-refractivity contribution in [3.63, 3.8) is 0 Å². The Morgan fingerprint density at radius 1 is 0.923 bits per heavy atom. The highest BCUT2D eigenvalue weighted by atomic mass is 17.0. The lowest BCUT2D eigenvalue weighted by atomic mass is 10.6. The zero-order valence-corrected chi connectivity index (χ0v) is 16.5. The number of hydrogen-bond donors (Lipinski definition) is 0. The molecule has 0 N–H and O–H groups in total. The summed E-state index contributed by atoms with van der Waals surface area (Å²) in [7, 11) is 4.63. The van der Waals surface area contributed by atoms with E-state index in [-0.39, 0.29) is 5.96 Å². The van der Waals surface area contributed by atoms with Crippen LogP contribution in [0, 0.1) is 0 Å². The number of guanidine groups is 2. The normalized spacial score (nSPS) is 17.4. The Morgan fingerprint density at radius 3 is 1.96 bits per heavy atom. The van der Waals surface area contributed by atoms with Gasteiger partial charge in [-0.3, -0.25) is 19.4 Å². The van der Waals surface area contributed by atoms with Crippen LogP contribution in [0.25, 0.3) is 0 Å². The van der Waals surface area contributed by atoms with Crippen LogP contribution in [-0.4, -0.2) is 86.5 Å². The zero-order valence-electron chi connectivity index (χ0n) is 16.5. The summed E-state index contributed by atoms with van der Waals surface area (Å²) in [6.07, 6.45) is -0.862. The van der Waals surface area contributed by atoms with Gasteiger partial charge in [0.1, 0.15) is 0 Å². The molecule has 0 aliphatic carbocycles. The van der Waals surface area contributed by atoms with E-state index in [1.165, 1.54) is 29.6 Å².